The number of likely N-dealkylation sites (N-methyl/N-ethyl adjacent to an activating group) is 1. The van der Waals surface area contributed by atoms with Crippen molar-refractivity contribution >= 4 is 23.6 Å². The second kappa shape index (κ2) is 18.4. The van der Waals surface area contributed by atoms with Gasteiger partial charge in [0.15, 0.2) is 17.7 Å². The summed E-state index contributed by atoms with van der Waals surface area (Å²) in [5.41, 5.74) is -4.73. The summed E-state index contributed by atoms with van der Waals surface area (Å²) in [5.74, 6) is -5.83. The fourth-order valence-corrected chi connectivity index (χ4v) is 9.32. The molecule has 0 radical (unpaired) electrons. The number of aryl methyl sites for hydroxylation is 1. The molecular weight excluding hydrogens is 767 g/mol. The van der Waals surface area contributed by atoms with Gasteiger partial charge in [0.1, 0.15) is 23.7 Å². The van der Waals surface area contributed by atoms with Crippen molar-refractivity contribution in [2.24, 2.45) is 17.8 Å². The number of aliphatic hydroxyl groups is 1. The molecule has 5 heterocycles. The third-order valence-electron chi connectivity index (χ3n) is 12.7. The van der Waals surface area contributed by atoms with E-state index in [4.69, 9.17) is 23.7 Å². The number of aromatic nitrogens is 4. The highest BCUT2D eigenvalue weighted by Gasteiger charge is 2.61. The third kappa shape index (κ3) is 9.38. The molecule has 3 aliphatic heterocycles. The van der Waals surface area contributed by atoms with Crippen molar-refractivity contribution in [2.45, 2.75) is 154 Å². The molecule has 3 saturated heterocycles. The maximum atomic E-state index is 16.9. The standard InChI is InChI=1S/C42H63FN6O10/c1-12-31-42(8)34(49(39(54)59-42)19-14-13-18-48-23-29(45-46-48)28-16-15-17-44-22-28)26(4)32(50)24(2)21-40(6,55-11)36(27(5)35(52)41(7,43)38(53)57-31)58-37-33(51)30(47(9)10)20-25(3)56-37/h15-17,22-27,30-31,33-34,36-37,51H,12-14,18-21H2,1-11H3/t24-,25-,26+,27+,30+,31-,33-,34-,36-,37+,40-,41+,42-/m1/s1. The molecule has 3 fully saturated rings. The molecule has 0 saturated carbocycles. The fraction of sp³-hybridized carbons (Fsp3) is 0.738. The zero-order chi connectivity index (χ0) is 43.6. The van der Waals surface area contributed by atoms with E-state index >= 15 is 4.39 Å². The normalized spacial score (nSPS) is 37.6. The molecule has 16 nitrogen and oxygen atoms in total. The van der Waals surface area contributed by atoms with Crippen LogP contribution in [0.25, 0.3) is 11.3 Å². The summed E-state index contributed by atoms with van der Waals surface area (Å²) in [6.07, 6.45) is 0.859. The molecule has 3 aliphatic rings. The van der Waals surface area contributed by atoms with E-state index < -0.39 is 83.1 Å². The molecule has 0 aromatic carbocycles. The lowest BCUT2D eigenvalue weighted by Gasteiger charge is -2.47. The molecule has 328 valence electrons. The lowest BCUT2D eigenvalue weighted by Crippen LogP contribution is -2.61. The summed E-state index contributed by atoms with van der Waals surface area (Å²) in [6, 6.07) is 2.40. The van der Waals surface area contributed by atoms with Crippen LogP contribution in [-0.4, -0.2) is 146 Å². The van der Waals surface area contributed by atoms with Crippen LogP contribution in [0.1, 0.15) is 87.5 Å². The van der Waals surface area contributed by atoms with Crippen molar-refractivity contribution in [2.75, 3.05) is 27.7 Å². The van der Waals surface area contributed by atoms with E-state index in [2.05, 4.69) is 15.3 Å². The maximum Gasteiger partial charge on any atom is 0.410 e. The summed E-state index contributed by atoms with van der Waals surface area (Å²) < 4.78 is 49.1. The predicted octanol–water partition coefficient (Wildman–Crippen LogP) is 4.42. The smallest absolute Gasteiger partial charge is 0.410 e. The number of rotatable bonds is 11. The number of unbranched alkanes of at least 4 members (excludes halogenated alkanes) is 1. The van der Waals surface area contributed by atoms with Gasteiger partial charge in [-0.1, -0.05) is 32.9 Å². The van der Waals surface area contributed by atoms with Crippen molar-refractivity contribution in [3.8, 4) is 11.3 Å². The lowest BCUT2D eigenvalue weighted by molar-refractivity contribution is -0.295. The Labute approximate surface area is 346 Å². The van der Waals surface area contributed by atoms with E-state index in [1.807, 2.05) is 44.2 Å². The zero-order valence-corrected chi connectivity index (χ0v) is 36.3. The molecule has 13 atom stereocenters. The summed E-state index contributed by atoms with van der Waals surface area (Å²) in [7, 11) is 5.04. The first-order valence-corrected chi connectivity index (χ1v) is 20.7. The van der Waals surface area contributed by atoms with Crippen molar-refractivity contribution in [3.63, 3.8) is 0 Å². The molecule has 5 rings (SSSR count). The zero-order valence-electron chi connectivity index (χ0n) is 36.3. The van der Waals surface area contributed by atoms with Gasteiger partial charge >= 0.3 is 12.1 Å². The van der Waals surface area contributed by atoms with Crippen LogP contribution in [0.2, 0.25) is 0 Å². The molecule has 0 unspecified atom stereocenters. The maximum absolute atomic E-state index is 16.9. The van der Waals surface area contributed by atoms with Gasteiger partial charge in [0, 0.05) is 62.0 Å². The van der Waals surface area contributed by atoms with Gasteiger partial charge in [-0.2, -0.15) is 0 Å². The Morgan fingerprint density at radius 3 is 2.37 bits per heavy atom. The number of aliphatic hydroxyl groups excluding tert-OH is 1. The Bertz CT molecular complexity index is 1800. The number of esters is 1. The highest BCUT2D eigenvalue weighted by Crippen LogP contribution is 2.43. The Balaban J connectivity index is 1.46. The van der Waals surface area contributed by atoms with E-state index in [0.717, 1.165) is 12.5 Å². The molecule has 2 aromatic rings. The quantitative estimate of drug-likeness (QED) is 0.191. The average Bonchev–Trinajstić information content (AvgIpc) is 3.78. The number of cyclic esters (lactones) is 1. The number of ketones is 2. The number of ether oxygens (including phenoxy) is 5. The average molecular weight is 831 g/mol. The van der Waals surface area contributed by atoms with Gasteiger partial charge in [0.2, 0.25) is 0 Å². The van der Waals surface area contributed by atoms with Crippen LogP contribution in [0.3, 0.4) is 0 Å². The minimum absolute atomic E-state index is 0.00767. The second-order valence-corrected chi connectivity index (χ2v) is 17.4. The molecule has 17 heteroatoms. The van der Waals surface area contributed by atoms with Gasteiger partial charge < -0.3 is 38.6 Å². The number of carbonyl (C=O) groups excluding carboxylic acids is 4. The van der Waals surface area contributed by atoms with E-state index in [9.17, 15) is 24.3 Å². The Hall–Kier alpha value is -3.90. The highest BCUT2D eigenvalue weighted by atomic mass is 19.1. The van der Waals surface area contributed by atoms with Gasteiger partial charge in [-0.05, 0) is 86.0 Å². The van der Waals surface area contributed by atoms with Crippen molar-refractivity contribution < 1.29 is 52.4 Å². The van der Waals surface area contributed by atoms with Crippen molar-refractivity contribution in [3.05, 3.63) is 30.7 Å². The number of amides is 1. The minimum atomic E-state index is -3.18. The van der Waals surface area contributed by atoms with Crippen molar-refractivity contribution in [1.29, 1.82) is 0 Å². The van der Waals surface area contributed by atoms with Crippen LogP contribution in [0, 0.1) is 17.8 Å². The number of carbonyl (C=O) groups is 4. The Kier molecular flexibility index (Phi) is 14.4. The summed E-state index contributed by atoms with van der Waals surface area (Å²) in [4.78, 5) is 64.1. The third-order valence-corrected chi connectivity index (χ3v) is 12.7. The molecule has 1 N–H and O–H groups in total. The Morgan fingerprint density at radius 1 is 1.05 bits per heavy atom. The number of alkyl halides is 1. The van der Waals surface area contributed by atoms with Crippen LogP contribution in [-0.2, 0) is 44.6 Å². The fourth-order valence-electron chi connectivity index (χ4n) is 9.32. The highest BCUT2D eigenvalue weighted by molar-refractivity contribution is 6.08. The number of methoxy groups -OCH3 is 1. The first kappa shape index (κ1) is 46.2. The van der Waals surface area contributed by atoms with Crippen molar-refractivity contribution in [1.82, 2.24) is 29.8 Å². The SMILES string of the molecule is CC[C@H]1OC(=O)[C@@](C)(F)C(=O)[C@H](C)[C@@H](O[C@@H]2O[C@H](C)C[C@H](N(C)C)[C@H]2O)[C@](C)(OC)C[C@@H](C)C(=O)[C@H](C)[C@H]2N(CCCCn3cc(-c4cccnc4)nn3)C(=O)O[C@]12C. The van der Waals surface area contributed by atoms with Crippen LogP contribution >= 0.6 is 0 Å². The summed E-state index contributed by atoms with van der Waals surface area (Å²) in [6.45, 7) is 13.2. The molecule has 59 heavy (non-hydrogen) atoms. The van der Waals surface area contributed by atoms with E-state index in [-0.39, 0.29) is 37.3 Å². The predicted molar refractivity (Wildman–Crippen MR) is 212 cm³/mol. The largest absolute Gasteiger partial charge is 0.455 e. The Morgan fingerprint density at radius 2 is 1.75 bits per heavy atom. The van der Waals surface area contributed by atoms with Gasteiger partial charge in [0.05, 0.1) is 30.0 Å². The van der Waals surface area contributed by atoms with E-state index in [1.54, 1.807) is 51.7 Å². The number of fused-ring (bicyclic) bond motifs is 1. The summed E-state index contributed by atoms with van der Waals surface area (Å²) >= 11 is 0. The van der Waals surface area contributed by atoms with E-state index in [0.29, 0.717) is 31.5 Å². The molecule has 1 amide bonds. The van der Waals surface area contributed by atoms with Gasteiger partial charge in [-0.3, -0.25) is 19.3 Å². The van der Waals surface area contributed by atoms with Gasteiger partial charge in [-0.15, -0.1) is 5.10 Å². The van der Waals surface area contributed by atoms with Crippen LogP contribution in [0.5, 0.6) is 0 Å². The molecule has 0 spiro atoms. The van der Waals surface area contributed by atoms with Crippen LogP contribution < -0.4 is 0 Å². The number of nitrogens with zero attached hydrogens (tertiary/aromatic N) is 6. The molecule has 0 bridgehead atoms. The molecule has 0 aliphatic carbocycles. The minimum Gasteiger partial charge on any atom is -0.455 e. The van der Waals surface area contributed by atoms with Gasteiger partial charge in [-0.25, -0.2) is 14.0 Å². The first-order valence-electron chi connectivity index (χ1n) is 20.7. The van der Waals surface area contributed by atoms with Crippen LogP contribution in [0.15, 0.2) is 30.7 Å². The topological polar surface area (TPSA) is 185 Å². The number of hydrogen-bond acceptors (Lipinski definition) is 14. The monoisotopic (exact) mass is 830 g/mol. The van der Waals surface area contributed by atoms with Gasteiger partial charge in [0.25, 0.3) is 5.67 Å². The number of hydrogen-bond donors (Lipinski definition) is 1. The first-order chi connectivity index (χ1) is 27.7. The second-order valence-electron chi connectivity index (χ2n) is 17.4. The van der Waals surface area contributed by atoms with Crippen LogP contribution in [0.4, 0.5) is 9.18 Å². The van der Waals surface area contributed by atoms with E-state index in [1.165, 1.54) is 18.9 Å². The molecular formula is C42H63FN6O10. The molecule has 2 aromatic heterocycles. The number of halogens is 1. The number of pyridine rings is 1. The lowest BCUT2D eigenvalue weighted by atomic mass is 9.73. The summed E-state index contributed by atoms with van der Waals surface area (Å²) in [5, 5.41) is 19.9. The number of Topliss-reactive ketones (excluding diaryl/α,β-unsaturated/α-hetero) is 2.